The quantitative estimate of drug-likeness (QED) is 0.507. The zero-order chi connectivity index (χ0) is 23.5. The van der Waals surface area contributed by atoms with Crippen molar-refractivity contribution in [3.63, 3.8) is 0 Å². The molecule has 7 heteroatoms. The van der Waals surface area contributed by atoms with Crippen LogP contribution in [0.2, 0.25) is 0 Å². The lowest BCUT2D eigenvalue weighted by atomic mass is 9.49. The summed E-state index contributed by atoms with van der Waals surface area (Å²) >= 11 is 0. The van der Waals surface area contributed by atoms with Crippen LogP contribution in [0.15, 0.2) is 23.3 Å². The van der Waals surface area contributed by atoms with E-state index in [0.29, 0.717) is 29.6 Å². The molecule has 7 nitrogen and oxygen atoms in total. The van der Waals surface area contributed by atoms with Crippen LogP contribution in [0, 0.1) is 22.7 Å². The van der Waals surface area contributed by atoms with E-state index in [4.69, 9.17) is 9.47 Å². The van der Waals surface area contributed by atoms with Gasteiger partial charge in [0.05, 0.1) is 12.2 Å². The molecule has 2 saturated carbocycles. The first-order valence-corrected chi connectivity index (χ1v) is 10.9. The minimum atomic E-state index is -0.995. The number of ketones is 1. The molecular weight excluding hydrogens is 400 g/mol. The number of aliphatic hydroxyl groups excluding tert-OH is 2. The molecule has 0 aromatic carbocycles. The normalized spacial score (nSPS) is 39.9. The molecule has 0 aromatic rings. The average molecular weight is 435 g/mol. The Morgan fingerprint density at radius 1 is 1.10 bits per heavy atom. The van der Waals surface area contributed by atoms with Crippen LogP contribution in [0.4, 0.5) is 0 Å². The largest absolute Gasteiger partial charge is 0.458 e. The second kappa shape index (κ2) is 7.85. The van der Waals surface area contributed by atoms with Gasteiger partial charge in [-0.2, -0.15) is 0 Å². The molecule has 3 rings (SSSR count). The van der Waals surface area contributed by atoms with Crippen LogP contribution < -0.4 is 0 Å². The molecule has 0 aliphatic heterocycles. The van der Waals surface area contributed by atoms with E-state index in [1.165, 1.54) is 13.8 Å². The summed E-state index contributed by atoms with van der Waals surface area (Å²) in [5.41, 5.74) is -0.0561. The third-order valence-electron chi connectivity index (χ3n) is 7.89. The first-order chi connectivity index (χ1) is 14.2. The fraction of sp³-hybridized carbons (Fsp3) is 0.708. The van der Waals surface area contributed by atoms with Gasteiger partial charge in [-0.25, -0.2) is 0 Å². The summed E-state index contributed by atoms with van der Waals surface area (Å²) < 4.78 is 11.6. The second-order valence-corrected chi connectivity index (χ2v) is 10.2. The summed E-state index contributed by atoms with van der Waals surface area (Å²) in [6.07, 6.45) is -2.78. The van der Waals surface area contributed by atoms with Gasteiger partial charge in [0.15, 0.2) is 11.9 Å². The van der Waals surface area contributed by atoms with E-state index in [1.807, 2.05) is 20.8 Å². The lowest BCUT2D eigenvalue weighted by Gasteiger charge is -2.58. The van der Waals surface area contributed by atoms with Crippen LogP contribution in [0.1, 0.15) is 60.8 Å². The van der Waals surface area contributed by atoms with Crippen LogP contribution >= 0.6 is 0 Å². The molecular formula is C24H34O7. The highest BCUT2D eigenvalue weighted by molar-refractivity contribution is 5.97. The molecule has 2 bridgehead atoms. The molecule has 172 valence electrons. The number of carbonyl (C=O) groups is 3. The second-order valence-electron chi connectivity index (χ2n) is 10.2. The van der Waals surface area contributed by atoms with Gasteiger partial charge in [0.2, 0.25) is 0 Å². The summed E-state index contributed by atoms with van der Waals surface area (Å²) in [6.45, 7) is 14.1. The summed E-state index contributed by atoms with van der Waals surface area (Å²) in [5, 5.41) is 22.2. The highest BCUT2D eigenvalue weighted by Crippen LogP contribution is 2.59. The number of fused-ring (bicyclic) bond motifs is 3. The van der Waals surface area contributed by atoms with Crippen molar-refractivity contribution in [3.05, 3.63) is 23.3 Å². The van der Waals surface area contributed by atoms with Crippen LogP contribution in [-0.4, -0.2) is 52.4 Å². The van der Waals surface area contributed by atoms with Crippen LogP contribution in [0.3, 0.4) is 0 Å². The smallest absolute Gasteiger partial charge is 0.303 e. The van der Waals surface area contributed by atoms with Crippen molar-refractivity contribution in [1.29, 1.82) is 0 Å². The van der Waals surface area contributed by atoms with Crippen molar-refractivity contribution in [3.8, 4) is 0 Å². The van der Waals surface area contributed by atoms with Crippen molar-refractivity contribution in [1.82, 2.24) is 0 Å². The Morgan fingerprint density at radius 2 is 1.68 bits per heavy atom. The Bertz CT molecular complexity index is 854. The fourth-order valence-corrected chi connectivity index (χ4v) is 6.32. The highest BCUT2D eigenvalue weighted by atomic mass is 16.6. The number of aliphatic hydroxyl groups is 2. The third-order valence-corrected chi connectivity index (χ3v) is 7.89. The number of rotatable bonds is 2. The maximum atomic E-state index is 13.0. The van der Waals surface area contributed by atoms with Gasteiger partial charge in [-0.3, -0.25) is 14.4 Å². The molecule has 0 radical (unpaired) electrons. The molecule has 3 aliphatic rings. The van der Waals surface area contributed by atoms with Crippen molar-refractivity contribution < 1.29 is 34.1 Å². The van der Waals surface area contributed by atoms with Gasteiger partial charge in [-0.05, 0) is 41.9 Å². The van der Waals surface area contributed by atoms with Gasteiger partial charge in [0, 0.05) is 37.5 Å². The van der Waals surface area contributed by atoms with Crippen molar-refractivity contribution in [2.45, 2.75) is 85.2 Å². The predicted octanol–water partition coefficient (Wildman–Crippen LogP) is 2.49. The van der Waals surface area contributed by atoms with Crippen molar-refractivity contribution in [2.24, 2.45) is 22.7 Å². The number of carbonyl (C=O) groups excluding carboxylic acids is 3. The first-order valence-electron chi connectivity index (χ1n) is 10.9. The number of ether oxygens (including phenoxy) is 2. The molecule has 31 heavy (non-hydrogen) atoms. The average Bonchev–Trinajstić information content (AvgIpc) is 2.64. The molecule has 2 N–H and O–H groups in total. The lowest BCUT2D eigenvalue weighted by Crippen LogP contribution is -2.63. The Labute approximate surface area is 183 Å². The standard InChI is InChI=1S/C24H34O7/c1-11-16(27)8-9-24(7)18(11)20(29)15-10-17(28)12(2)19(23(15,5)6)21(30-13(3)25)22(24)31-14(4)26/h15-16,18,20-22,27,29H,1,8-10H2,2-7H3/t15?,16-,18-,20+,21+,22-,24+/m0/s1. The zero-order valence-electron chi connectivity index (χ0n) is 19.2. The Hall–Kier alpha value is -1.99. The topological polar surface area (TPSA) is 110 Å². The summed E-state index contributed by atoms with van der Waals surface area (Å²) in [6, 6.07) is 0. The Kier molecular flexibility index (Phi) is 6.00. The molecule has 0 amide bonds. The van der Waals surface area contributed by atoms with Gasteiger partial charge < -0.3 is 19.7 Å². The van der Waals surface area contributed by atoms with Gasteiger partial charge >= 0.3 is 11.9 Å². The summed E-state index contributed by atoms with van der Waals surface area (Å²) in [7, 11) is 0. The third kappa shape index (κ3) is 3.65. The zero-order valence-corrected chi connectivity index (χ0v) is 19.2. The predicted molar refractivity (Wildman–Crippen MR) is 113 cm³/mol. The minimum Gasteiger partial charge on any atom is -0.458 e. The van der Waals surface area contributed by atoms with Gasteiger partial charge in [-0.15, -0.1) is 0 Å². The van der Waals surface area contributed by atoms with E-state index in [2.05, 4.69) is 6.58 Å². The Balaban J connectivity index is 2.35. The van der Waals surface area contributed by atoms with Crippen LogP contribution in [-0.2, 0) is 23.9 Å². The highest BCUT2D eigenvalue weighted by Gasteiger charge is 2.62. The van der Waals surface area contributed by atoms with E-state index in [0.717, 1.165) is 0 Å². The Morgan fingerprint density at radius 3 is 2.23 bits per heavy atom. The minimum absolute atomic E-state index is 0.136. The van der Waals surface area contributed by atoms with Gasteiger partial charge in [0.1, 0.15) is 6.10 Å². The maximum Gasteiger partial charge on any atom is 0.303 e. The number of Topliss-reactive ketones (excluding diaryl/α,β-unsaturated/α-hetero) is 1. The monoisotopic (exact) mass is 434 g/mol. The SMILES string of the molecule is C=C1[C@@H](O)CC[C@@]2(C)[C@@H](OC(C)=O)[C@H](OC(C)=O)C3=C(C)C(=O)CC([C@@H](O)[C@H]12)C3(C)C. The molecule has 2 fully saturated rings. The maximum absolute atomic E-state index is 13.0. The van der Waals surface area contributed by atoms with E-state index in [-0.39, 0.29) is 12.2 Å². The molecule has 0 spiro atoms. The summed E-state index contributed by atoms with van der Waals surface area (Å²) in [5.74, 6) is -2.35. The van der Waals surface area contributed by atoms with E-state index >= 15 is 0 Å². The first kappa shape index (κ1) is 23.7. The number of esters is 2. The molecule has 7 atom stereocenters. The van der Waals surface area contributed by atoms with Gasteiger partial charge in [0.25, 0.3) is 0 Å². The number of hydrogen-bond acceptors (Lipinski definition) is 7. The van der Waals surface area contributed by atoms with E-state index < -0.39 is 59.0 Å². The molecule has 0 aromatic heterocycles. The van der Waals surface area contributed by atoms with E-state index in [9.17, 15) is 24.6 Å². The fourth-order valence-electron chi connectivity index (χ4n) is 6.32. The molecule has 1 unspecified atom stereocenters. The number of hydrogen-bond donors (Lipinski definition) is 2. The molecule has 0 heterocycles. The van der Waals surface area contributed by atoms with Crippen LogP contribution in [0.25, 0.3) is 0 Å². The van der Waals surface area contributed by atoms with Crippen molar-refractivity contribution in [2.75, 3.05) is 0 Å². The molecule has 0 saturated heterocycles. The molecule has 3 aliphatic carbocycles. The van der Waals surface area contributed by atoms with Crippen LogP contribution in [0.5, 0.6) is 0 Å². The van der Waals surface area contributed by atoms with E-state index in [1.54, 1.807) is 6.92 Å². The lowest BCUT2D eigenvalue weighted by molar-refractivity contribution is -0.195. The number of allylic oxidation sites excluding steroid dienone is 1. The van der Waals surface area contributed by atoms with Crippen molar-refractivity contribution >= 4 is 17.7 Å². The summed E-state index contributed by atoms with van der Waals surface area (Å²) in [4.78, 5) is 37.3. The van der Waals surface area contributed by atoms with Gasteiger partial charge in [-0.1, -0.05) is 27.4 Å².